The van der Waals surface area contributed by atoms with Crippen molar-refractivity contribution in [3.8, 4) is 0 Å². The zero-order valence-electron chi connectivity index (χ0n) is 12.6. The second-order valence-electron chi connectivity index (χ2n) is 5.38. The first-order chi connectivity index (χ1) is 9.60. The Labute approximate surface area is 120 Å². The van der Waals surface area contributed by atoms with Gasteiger partial charge in [-0.15, -0.1) is 0 Å². The molecule has 1 aliphatic rings. The summed E-state index contributed by atoms with van der Waals surface area (Å²) in [6, 6.07) is 2.75. The van der Waals surface area contributed by atoms with Crippen LogP contribution in [0.25, 0.3) is 0 Å². The van der Waals surface area contributed by atoms with Crippen molar-refractivity contribution in [3.63, 3.8) is 0 Å². The Hall–Kier alpha value is -1.40. The summed E-state index contributed by atoms with van der Waals surface area (Å²) in [5.41, 5.74) is 9.23. The van der Waals surface area contributed by atoms with Crippen molar-refractivity contribution in [3.05, 3.63) is 11.9 Å². The monoisotopic (exact) mass is 279 g/mol. The number of rotatable bonds is 5. The van der Waals surface area contributed by atoms with Crippen LogP contribution in [0.15, 0.2) is 6.07 Å². The summed E-state index contributed by atoms with van der Waals surface area (Å²) >= 11 is 0. The van der Waals surface area contributed by atoms with Gasteiger partial charge in [-0.2, -0.15) is 0 Å². The summed E-state index contributed by atoms with van der Waals surface area (Å²) in [5.74, 6) is 1.83. The fraction of sp³-hybridized carbons (Fsp3) is 0.714. The minimum atomic E-state index is 0.390. The molecule has 2 rings (SSSR count). The number of nitrogens with one attached hydrogen (secondary N) is 1. The molecule has 0 amide bonds. The third-order valence-electron chi connectivity index (χ3n) is 3.66. The number of hydrogen-bond donors (Lipinski definition) is 2. The zero-order chi connectivity index (χ0) is 14.5. The van der Waals surface area contributed by atoms with Crippen LogP contribution in [0.2, 0.25) is 0 Å². The van der Waals surface area contributed by atoms with Gasteiger partial charge in [0.15, 0.2) is 5.82 Å². The maximum atomic E-state index is 5.84. The van der Waals surface area contributed by atoms with E-state index in [1.54, 1.807) is 6.07 Å². The van der Waals surface area contributed by atoms with Crippen molar-refractivity contribution < 1.29 is 4.74 Å². The number of hydrogen-bond acceptors (Lipinski definition) is 6. The molecule has 1 aromatic heterocycles. The highest BCUT2D eigenvalue weighted by Gasteiger charge is 2.25. The van der Waals surface area contributed by atoms with Crippen LogP contribution in [-0.4, -0.2) is 33.7 Å². The lowest BCUT2D eigenvalue weighted by Crippen LogP contribution is -2.47. The smallest absolute Gasteiger partial charge is 0.158 e. The van der Waals surface area contributed by atoms with E-state index < -0.39 is 0 Å². The van der Waals surface area contributed by atoms with Crippen LogP contribution in [-0.2, 0) is 11.3 Å². The molecule has 1 saturated heterocycles. The molecule has 112 valence electrons. The Morgan fingerprint density at radius 3 is 2.70 bits per heavy atom. The third kappa shape index (κ3) is 3.80. The topological polar surface area (TPSA) is 76.3 Å². The number of hydrazine groups is 1. The van der Waals surface area contributed by atoms with Crippen LogP contribution in [0.3, 0.4) is 0 Å². The summed E-state index contributed by atoms with van der Waals surface area (Å²) < 4.78 is 5.34. The molecule has 6 heteroatoms. The van der Waals surface area contributed by atoms with Crippen LogP contribution in [0.1, 0.15) is 45.9 Å². The summed E-state index contributed by atoms with van der Waals surface area (Å²) in [6.45, 7) is 7.44. The van der Waals surface area contributed by atoms with Crippen LogP contribution >= 0.6 is 0 Å². The lowest BCUT2D eigenvalue weighted by atomic mass is 10.00. The number of piperidine rings is 1. The molecule has 20 heavy (non-hydrogen) atoms. The second kappa shape index (κ2) is 6.85. The number of anilines is 2. The Morgan fingerprint density at radius 2 is 2.05 bits per heavy atom. The Kier molecular flexibility index (Phi) is 5.14. The molecule has 0 spiro atoms. The molecular weight excluding hydrogens is 254 g/mol. The molecule has 2 unspecified atom stereocenters. The number of aromatic nitrogens is 2. The third-order valence-corrected chi connectivity index (χ3v) is 3.66. The fourth-order valence-electron chi connectivity index (χ4n) is 2.61. The molecular formula is C14H25N5O. The lowest BCUT2D eigenvalue weighted by molar-refractivity contribution is 0.127. The van der Waals surface area contributed by atoms with E-state index in [2.05, 4.69) is 34.3 Å². The molecule has 0 aromatic carbocycles. The largest absolute Gasteiger partial charge is 0.384 e. The highest BCUT2D eigenvalue weighted by molar-refractivity contribution is 5.44. The van der Waals surface area contributed by atoms with E-state index in [9.17, 15) is 0 Å². The Balaban J connectivity index is 2.09. The SMILES string of the molecule is CCOCc1nc(N)cc(NN2C(C)CCCC2C)n1. The average molecular weight is 279 g/mol. The van der Waals surface area contributed by atoms with Crippen LogP contribution in [0.5, 0.6) is 0 Å². The van der Waals surface area contributed by atoms with E-state index in [1.165, 1.54) is 19.3 Å². The van der Waals surface area contributed by atoms with Crippen molar-refractivity contribution in [2.24, 2.45) is 0 Å². The van der Waals surface area contributed by atoms with Crippen molar-refractivity contribution in [2.45, 2.75) is 58.7 Å². The Morgan fingerprint density at radius 1 is 1.35 bits per heavy atom. The van der Waals surface area contributed by atoms with E-state index in [4.69, 9.17) is 10.5 Å². The van der Waals surface area contributed by atoms with Gasteiger partial charge >= 0.3 is 0 Å². The van der Waals surface area contributed by atoms with Gasteiger partial charge in [-0.1, -0.05) is 6.42 Å². The minimum Gasteiger partial charge on any atom is -0.384 e. The van der Waals surface area contributed by atoms with Gasteiger partial charge in [0.1, 0.15) is 18.2 Å². The summed E-state index contributed by atoms with van der Waals surface area (Å²) in [5, 5.41) is 2.26. The predicted octanol–water partition coefficient (Wildman–Crippen LogP) is 2.19. The first-order valence-electron chi connectivity index (χ1n) is 7.36. The van der Waals surface area contributed by atoms with E-state index in [0.717, 1.165) is 5.82 Å². The molecule has 2 heterocycles. The number of nitrogen functional groups attached to an aromatic ring is 1. The molecule has 2 atom stereocenters. The maximum Gasteiger partial charge on any atom is 0.158 e. The number of nitrogens with two attached hydrogens (primary N) is 1. The molecule has 1 aromatic rings. The molecule has 3 N–H and O–H groups in total. The quantitative estimate of drug-likeness (QED) is 0.860. The fourth-order valence-corrected chi connectivity index (χ4v) is 2.61. The summed E-state index contributed by atoms with van der Waals surface area (Å²) in [6.07, 6.45) is 3.68. The van der Waals surface area contributed by atoms with Crippen LogP contribution < -0.4 is 11.2 Å². The lowest BCUT2D eigenvalue weighted by Gasteiger charge is -2.39. The summed E-state index contributed by atoms with van der Waals surface area (Å²) in [4.78, 5) is 8.65. The molecule has 0 aliphatic carbocycles. The van der Waals surface area contributed by atoms with Gasteiger partial charge in [0, 0.05) is 24.8 Å². The minimum absolute atomic E-state index is 0.390. The van der Waals surface area contributed by atoms with E-state index in [1.807, 2.05) is 6.92 Å². The van der Waals surface area contributed by atoms with Gasteiger partial charge < -0.3 is 15.9 Å². The summed E-state index contributed by atoms with van der Waals surface area (Å²) in [7, 11) is 0. The molecule has 6 nitrogen and oxygen atoms in total. The number of ether oxygens (including phenoxy) is 1. The van der Waals surface area contributed by atoms with Crippen molar-refractivity contribution >= 4 is 11.6 Å². The zero-order valence-corrected chi connectivity index (χ0v) is 12.6. The van der Waals surface area contributed by atoms with E-state index in [-0.39, 0.29) is 0 Å². The predicted molar refractivity (Wildman–Crippen MR) is 80.0 cm³/mol. The Bertz CT molecular complexity index is 430. The van der Waals surface area contributed by atoms with E-state index >= 15 is 0 Å². The second-order valence-corrected chi connectivity index (χ2v) is 5.38. The van der Waals surface area contributed by atoms with Gasteiger partial charge in [0.2, 0.25) is 0 Å². The van der Waals surface area contributed by atoms with Gasteiger partial charge in [0.05, 0.1) is 0 Å². The molecule has 0 radical (unpaired) electrons. The first-order valence-corrected chi connectivity index (χ1v) is 7.36. The molecule has 0 bridgehead atoms. The normalized spacial score (nSPS) is 23.8. The first kappa shape index (κ1) is 15.0. The van der Waals surface area contributed by atoms with Crippen molar-refractivity contribution in [2.75, 3.05) is 17.8 Å². The van der Waals surface area contributed by atoms with Crippen molar-refractivity contribution in [1.82, 2.24) is 15.0 Å². The van der Waals surface area contributed by atoms with Gasteiger partial charge in [-0.05, 0) is 33.6 Å². The van der Waals surface area contributed by atoms with Crippen LogP contribution in [0.4, 0.5) is 11.6 Å². The molecule has 1 aliphatic heterocycles. The number of nitrogens with zero attached hydrogens (tertiary/aromatic N) is 3. The van der Waals surface area contributed by atoms with Crippen LogP contribution in [0, 0.1) is 0 Å². The van der Waals surface area contributed by atoms with Gasteiger partial charge in [0.25, 0.3) is 0 Å². The maximum absolute atomic E-state index is 5.84. The molecule has 0 saturated carbocycles. The highest BCUT2D eigenvalue weighted by atomic mass is 16.5. The highest BCUT2D eigenvalue weighted by Crippen LogP contribution is 2.23. The van der Waals surface area contributed by atoms with Crippen molar-refractivity contribution in [1.29, 1.82) is 0 Å². The van der Waals surface area contributed by atoms with Gasteiger partial charge in [-0.3, -0.25) is 0 Å². The van der Waals surface area contributed by atoms with E-state index in [0.29, 0.717) is 36.9 Å². The molecule has 1 fully saturated rings. The standard InChI is InChI=1S/C14H25N5O/c1-4-20-9-14-16-12(15)8-13(17-14)18-19-10(2)6-5-7-11(19)3/h8,10-11H,4-7,9H2,1-3H3,(H3,15,16,17,18). The average Bonchev–Trinajstić information content (AvgIpc) is 2.40. The van der Waals surface area contributed by atoms with Gasteiger partial charge in [-0.25, -0.2) is 15.0 Å².